The van der Waals surface area contributed by atoms with Crippen molar-refractivity contribution in [2.75, 3.05) is 26.7 Å². The summed E-state index contributed by atoms with van der Waals surface area (Å²) in [6, 6.07) is -0.380. The van der Waals surface area contributed by atoms with Crippen LogP contribution in [0, 0.1) is 5.92 Å². The van der Waals surface area contributed by atoms with Crippen LogP contribution in [0.15, 0.2) is 0 Å². The molecular formula is C19H29N3O5. The Morgan fingerprint density at radius 1 is 1.15 bits per heavy atom. The molecule has 1 spiro atoms. The number of likely N-dealkylation sites (N-methyl/N-ethyl adjacent to an activating group) is 1. The van der Waals surface area contributed by atoms with Gasteiger partial charge in [0.15, 0.2) is 0 Å². The summed E-state index contributed by atoms with van der Waals surface area (Å²) in [5, 5.41) is 8.85. The first-order chi connectivity index (χ1) is 12.8. The Labute approximate surface area is 159 Å². The molecule has 27 heavy (non-hydrogen) atoms. The first kappa shape index (κ1) is 19.6. The molecule has 8 heteroatoms. The number of hydrogen-bond acceptors (Lipinski definition) is 4. The minimum Gasteiger partial charge on any atom is -0.481 e. The van der Waals surface area contributed by atoms with E-state index in [1.165, 1.54) is 4.90 Å². The zero-order chi connectivity index (χ0) is 19.6. The van der Waals surface area contributed by atoms with Crippen LogP contribution in [-0.4, -0.2) is 75.8 Å². The van der Waals surface area contributed by atoms with Crippen molar-refractivity contribution in [3.8, 4) is 0 Å². The molecule has 3 fully saturated rings. The van der Waals surface area contributed by atoms with Gasteiger partial charge in [0.25, 0.3) is 5.91 Å². The van der Waals surface area contributed by atoms with E-state index in [2.05, 4.69) is 0 Å². The van der Waals surface area contributed by atoms with Crippen molar-refractivity contribution in [3.05, 3.63) is 0 Å². The number of aliphatic carboxylic acids is 1. The lowest BCUT2D eigenvalue weighted by Gasteiger charge is -2.36. The number of urea groups is 1. The highest BCUT2D eigenvalue weighted by Crippen LogP contribution is 2.39. The van der Waals surface area contributed by atoms with Gasteiger partial charge in [0.05, 0.1) is 0 Å². The summed E-state index contributed by atoms with van der Waals surface area (Å²) < 4.78 is 0. The summed E-state index contributed by atoms with van der Waals surface area (Å²) in [7, 11) is 1.67. The second-order valence-electron chi connectivity index (χ2n) is 8.11. The molecule has 8 nitrogen and oxygen atoms in total. The molecule has 150 valence electrons. The first-order valence-electron chi connectivity index (χ1n) is 9.94. The number of imide groups is 1. The van der Waals surface area contributed by atoms with Crippen molar-refractivity contribution in [1.82, 2.24) is 14.7 Å². The minimum absolute atomic E-state index is 0.100. The maximum atomic E-state index is 13.0. The summed E-state index contributed by atoms with van der Waals surface area (Å²) in [4.78, 5) is 53.5. The molecule has 0 bridgehead atoms. The molecule has 1 saturated carbocycles. The predicted molar refractivity (Wildman–Crippen MR) is 96.9 cm³/mol. The zero-order valence-corrected chi connectivity index (χ0v) is 16.0. The quantitative estimate of drug-likeness (QED) is 0.733. The zero-order valence-electron chi connectivity index (χ0n) is 16.0. The fourth-order valence-corrected chi connectivity index (χ4v) is 4.76. The molecule has 0 aromatic rings. The van der Waals surface area contributed by atoms with Gasteiger partial charge in [0.1, 0.15) is 12.1 Å². The average Bonchev–Trinajstić information content (AvgIpc) is 2.83. The van der Waals surface area contributed by atoms with Crippen molar-refractivity contribution in [2.24, 2.45) is 5.92 Å². The van der Waals surface area contributed by atoms with Crippen LogP contribution in [0.5, 0.6) is 0 Å². The highest BCUT2D eigenvalue weighted by Gasteiger charge is 2.56. The van der Waals surface area contributed by atoms with E-state index >= 15 is 0 Å². The van der Waals surface area contributed by atoms with E-state index in [0.29, 0.717) is 32.4 Å². The smallest absolute Gasteiger partial charge is 0.327 e. The number of hydrogen-bond donors (Lipinski definition) is 1. The number of carboxylic acid groups (broad SMARTS) is 1. The van der Waals surface area contributed by atoms with Crippen LogP contribution in [-0.2, 0) is 14.4 Å². The Morgan fingerprint density at radius 2 is 1.85 bits per heavy atom. The van der Waals surface area contributed by atoms with Gasteiger partial charge in [-0.2, -0.15) is 0 Å². The van der Waals surface area contributed by atoms with Crippen LogP contribution in [0.4, 0.5) is 4.79 Å². The Balaban J connectivity index is 1.62. The molecule has 3 aliphatic rings. The fourth-order valence-electron chi connectivity index (χ4n) is 4.76. The molecule has 0 radical (unpaired) electrons. The van der Waals surface area contributed by atoms with Gasteiger partial charge in [-0.1, -0.05) is 19.3 Å². The number of likely N-dealkylation sites (tertiary alicyclic amines) is 1. The topological polar surface area (TPSA) is 98.2 Å². The van der Waals surface area contributed by atoms with Gasteiger partial charge in [-0.25, -0.2) is 4.79 Å². The fraction of sp³-hybridized carbons (Fsp3) is 0.789. The molecule has 1 unspecified atom stereocenters. The second kappa shape index (κ2) is 7.86. The number of rotatable bonds is 5. The summed E-state index contributed by atoms with van der Waals surface area (Å²) in [6.45, 7) is 0.887. The number of carbonyl (C=O) groups excluding carboxylic acids is 3. The molecule has 2 aliphatic heterocycles. The Morgan fingerprint density at radius 3 is 2.52 bits per heavy atom. The molecule has 0 aromatic heterocycles. The molecule has 1 N–H and O–H groups in total. The average molecular weight is 379 g/mol. The second-order valence-corrected chi connectivity index (χ2v) is 8.11. The highest BCUT2D eigenvalue weighted by atomic mass is 16.4. The van der Waals surface area contributed by atoms with Crippen LogP contribution in [0.2, 0.25) is 0 Å². The van der Waals surface area contributed by atoms with Crippen LogP contribution in [0.25, 0.3) is 0 Å². The molecule has 1 aliphatic carbocycles. The van der Waals surface area contributed by atoms with Gasteiger partial charge < -0.3 is 14.9 Å². The third-order valence-corrected chi connectivity index (χ3v) is 6.42. The van der Waals surface area contributed by atoms with Crippen molar-refractivity contribution in [2.45, 2.75) is 63.3 Å². The van der Waals surface area contributed by atoms with E-state index in [4.69, 9.17) is 5.11 Å². The first-order valence-corrected chi connectivity index (χ1v) is 9.94. The van der Waals surface area contributed by atoms with E-state index in [-0.39, 0.29) is 36.7 Å². The monoisotopic (exact) mass is 379 g/mol. The highest BCUT2D eigenvalue weighted by molar-refractivity contribution is 6.08. The number of piperidine rings is 1. The van der Waals surface area contributed by atoms with Crippen LogP contribution >= 0.6 is 0 Å². The van der Waals surface area contributed by atoms with Crippen LogP contribution in [0.1, 0.15) is 57.8 Å². The number of nitrogens with zero attached hydrogens (tertiary/aromatic N) is 3. The molecule has 3 rings (SSSR count). The maximum Gasteiger partial charge on any atom is 0.327 e. The standard InChI is InChI=1S/C19H29N3O5/c1-20-18(27)22(17(26)19(20)9-3-2-4-10-19)13-15(23)21-11-5-6-14(12-21)7-8-16(24)25/h14H,2-13H2,1H3,(H,24,25). The molecular weight excluding hydrogens is 350 g/mol. The summed E-state index contributed by atoms with van der Waals surface area (Å²) in [5.74, 6) is -1.12. The van der Waals surface area contributed by atoms with Gasteiger partial charge in [-0.05, 0) is 38.0 Å². The Hall–Kier alpha value is -2.12. The predicted octanol–water partition coefficient (Wildman–Crippen LogP) is 1.69. The third-order valence-electron chi connectivity index (χ3n) is 6.42. The van der Waals surface area contributed by atoms with Crippen LogP contribution < -0.4 is 0 Å². The molecule has 4 amide bonds. The van der Waals surface area contributed by atoms with E-state index < -0.39 is 11.5 Å². The van der Waals surface area contributed by atoms with Crippen molar-refractivity contribution < 1.29 is 24.3 Å². The summed E-state index contributed by atoms with van der Waals surface area (Å²) in [5.41, 5.74) is -0.762. The number of carboxylic acids is 1. The van der Waals surface area contributed by atoms with Gasteiger partial charge in [0, 0.05) is 26.6 Å². The number of carbonyl (C=O) groups is 4. The molecule has 0 aromatic carbocycles. The molecule has 2 saturated heterocycles. The van der Waals surface area contributed by atoms with Gasteiger partial charge in [0.2, 0.25) is 5.91 Å². The van der Waals surface area contributed by atoms with Gasteiger partial charge >= 0.3 is 12.0 Å². The maximum absolute atomic E-state index is 13.0. The Kier molecular flexibility index (Phi) is 5.72. The van der Waals surface area contributed by atoms with Crippen molar-refractivity contribution in [3.63, 3.8) is 0 Å². The van der Waals surface area contributed by atoms with E-state index in [0.717, 1.165) is 37.0 Å². The molecule has 2 heterocycles. The molecule has 1 atom stereocenters. The minimum atomic E-state index is -0.826. The van der Waals surface area contributed by atoms with Gasteiger partial charge in [-0.3, -0.25) is 19.3 Å². The van der Waals surface area contributed by atoms with Gasteiger partial charge in [-0.15, -0.1) is 0 Å². The largest absolute Gasteiger partial charge is 0.481 e. The van der Waals surface area contributed by atoms with Crippen molar-refractivity contribution in [1.29, 1.82) is 0 Å². The van der Waals surface area contributed by atoms with E-state index in [9.17, 15) is 19.2 Å². The van der Waals surface area contributed by atoms with Crippen molar-refractivity contribution >= 4 is 23.8 Å². The summed E-state index contributed by atoms with van der Waals surface area (Å²) in [6.07, 6.45) is 6.62. The number of amides is 4. The lowest BCUT2D eigenvalue weighted by atomic mass is 9.81. The van der Waals surface area contributed by atoms with E-state index in [1.54, 1.807) is 11.9 Å². The summed E-state index contributed by atoms with van der Waals surface area (Å²) >= 11 is 0. The lowest BCUT2D eigenvalue weighted by Crippen LogP contribution is -2.50. The SMILES string of the molecule is CN1C(=O)N(CC(=O)N2CCCC(CCC(=O)O)C2)C(=O)C12CCCCC2. The lowest BCUT2D eigenvalue weighted by molar-refractivity contribution is -0.141. The van der Waals surface area contributed by atoms with E-state index in [1.807, 2.05) is 0 Å². The third kappa shape index (κ3) is 3.80. The normalized spacial score (nSPS) is 25.4. The van der Waals surface area contributed by atoms with Crippen LogP contribution in [0.3, 0.4) is 0 Å². The Bertz CT molecular complexity index is 629.